The molecule has 2 aromatic carbocycles. The van der Waals surface area contributed by atoms with Crippen molar-refractivity contribution in [1.29, 1.82) is 0 Å². The highest BCUT2D eigenvalue weighted by molar-refractivity contribution is 5.86. The van der Waals surface area contributed by atoms with Gasteiger partial charge in [0.25, 0.3) is 0 Å². The zero-order chi connectivity index (χ0) is 17.2. The van der Waals surface area contributed by atoms with Gasteiger partial charge in [0.2, 0.25) is 0 Å². The molecule has 0 aliphatic carbocycles. The number of fused-ring (bicyclic) bond motifs is 1. The van der Waals surface area contributed by atoms with E-state index in [1.165, 1.54) is 0 Å². The Morgan fingerprint density at radius 2 is 1.84 bits per heavy atom. The van der Waals surface area contributed by atoms with E-state index in [2.05, 4.69) is 40.2 Å². The summed E-state index contributed by atoms with van der Waals surface area (Å²) in [5.74, 6) is 1.77. The van der Waals surface area contributed by atoms with Gasteiger partial charge in [-0.05, 0) is 37.6 Å². The van der Waals surface area contributed by atoms with Gasteiger partial charge in [0.05, 0.1) is 17.8 Å². The van der Waals surface area contributed by atoms with E-state index in [1.54, 1.807) is 0 Å². The normalized spacial score (nSPS) is 11.1. The Morgan fingerprint density at radius 3 is 2.60 bits per heavy atom. The summed E-state index contributed by atoms with van der Waals surface area (Å²) in [6.45, 7) is 5.24. The number of hydrogen-bond acceptors (Lipinski definition) is 3. The second-order valence-electron chi connectivity index (χ2n) is 6.21. The lowest BCUT2D eigenvalue weighted by atomic mass is 10.2. The molecule has 0 unspecified atom stereocenters. The van der Waals surface area contributed by atoms with Crippen LogP contribution in [0.4, 0.5) is 0 Å². The van der Waals surface area contributed by atoms with Crippen LogP contribution in [0.2, 0.25) is 0 Å². The van der Waals surface area contributed by atoms with Gasteiger partial charge in [-0.1, -0.05) is 41.6 Å². The Kier molecular flexibility index (Phi) is 4.02. The second kappa shape index (κ2) is 6.48. The summed E-state index contributed by atoms with van der Waals surface area (Å²) in [6.07, 6.45) is 2.09. The van der Waals surface area contributed by atoms with Crippen LogP contribution in [0, 0.1) is 13.8 Å². The summed E-state index contributed by atoms with van der Waals surface area (Å²) >= 11 is 0. The maximum Gasteiger partial charge on any atom is 0.138 e. The third kappa shape index (κ3) is 3.03. The number of ether oxygens (including phenoxy) is 1. The SMILES string of the molecule is Cc1noc(C)c1Cn1ccc2c(OCc3ccccc3)cccc21. The Balaban J connectivity index is 1.62. The molecule has 0 bridgehead atoms. The molecule has 4 heteroatoms. The van der Waals surface area contributed by atoms with Crippen LogP contribution in [-0.2, 0) is 13.2 Å². The largest absolute Gasteiger partial charge is 0.488 e. The highest BCUT2D eigenvalue weighted by atomic mass is 16.5. The van der Waals surface area contributed by atoms with Crippen molar-refractivity contribution in [2.75, 3.05) is 0 Å². The number of nitrogens with zero attached hydrogens (tertiary/aromatic N) is 2. The molecular weight excluding hydrogens is 312 g/mol. The minimum atomic E-state index is 0.564. The van der Waals surface area contributed by atoms with Crippen molar-refractivity contribution in [1.82, 2.24) is 9.72 Å². The van der Waals surface area contributed by atoms with Crippen molar-refractivity contribution in [3.05, 3.63) is 83.4 Å². The van der Waals surface area contributed by atoms with Gasteiger partial charge in [0, 0.05) is 17.1 Å². The molecule has 25 heavy (non-hydrogen) atoms. The first-order chi connectivity index (χ1) is 12.2. The fourth-order valence-electron chi connectivity index (χ4n) is 3.09. The molecule has 0 N–H and O–H groups in total. The Labute approximate surface area is 146 Å². The lowest BCUT2D eigenvalue weighted by Crippen LogP contribution is -2.00. The minimum absolute atomic E-state index is 0.564. The molecule has 2 aromatic heterocycles. The maximum atomic E-state index is 6.06. The van der Waals surface area contributed by atoms with Crippen molar-refractivity contribution in [3.8, 4) is 5.75 Å². The number of aromatic nitrogens is 2. The molecule has 0 saturated carbocycles. The molecule has 0 saturated heterocycles. The quantitative estimate of drug-likeness (QED) is 0.523. The van der Waals surface area contributed by atoms with Gasteiger partial charge < -0.3 is 13.8 Å². The van der Waals surface area contributed by atoms with Crippen molar-refractivity contribution < 1.29 is 9.26 Å². The molecule has 0 atom stereocenters. The van der Waals surface area contributed by atoms with Crippen molar-refractivity contribution in [3.63, 3.8) is 0 Å². The van der Waals surface area contributed by atoms with Crippen LogP contribution in [0.3, 0.4) is 0 Å². The molecule has 0 radical (unpaired) electrons. The third-order valence-electron chi connectivity index (χ3n) is 4.52. The van der Waals surface area contributed by atoms with E-state index >= 15 is 0 Å². The minimum Gasteiger partial charge on any atom is -0.488 e. The predicted octanol–water partition coefficient (Wildman–Crippen LogP) is 4.87. The van der Waals surface area contributed by atoms with Crippen LogP contribution in [0.15, 0.2) is 65.3 Å². The molecule has 0 aliphatic rings. The van der Waals surface area contributed by atoms with Crippen LogP contribution in [0.1, 0.15) is 22.6 Å². The Morgan fingerprint density at radius 1 is 1.00 bits per heavy atom. The van der Waals surface area contributed by atoms with E-state index < -0.39 is 0 Å². The molecule has 0 spiro atoms. The summed E-state index contributed by atoms with van der Waals surface area (Å²) in [6, 6.07) is 18.5. The van der Waals surface area contributed by atoms with Gasteiger partial charge in [-0.3, -0.25) is 0 Å². The number of rotatable bonds is 5. The molecule has 4 nitrogen and oxygen atoms in total. The van der Waals surface area contributed by atoms with Gasteiger partial charge in [0.1, 0.15) is 18.1 Å². The zero-order valence-corrected chi connectivity index (χ0v) is 14.4. The summed E-state index contributed by atoms with van der Waals surface area (Å²) in [5, 5.41) is 5.16. The van der Waals surface area contributed by atoms with Gasteiger partial charge in [-0.2, -0.15) is 0 Å². The lowest BCUT2D eigenvalue weighted by molar-refractivity contribution is 0.310. The Bertz CT molecular complexity index is 980. The van der Waals surface area contributed by atoms with Crippen molar-refractivity contribution in [2.24, 2.45) is 0 Å². The average molecular weight is 332 g/mol. The summed E-state index contributed by atoms with van der Waals surface area (Å²) < 4.78 is 13.5. The van der Waals surface area contributed by atoms with Crippen molar-refractivity contribution in [2.45, 2.75) is 27.0 Å². The first kappa shape index (κ1) is 15.5. The van der Waals surface area contributed by atoms with E-state index in [9.17, 15) is 0 Å². The molecule has 4 rings (SSSR count). The van der Waals surface area contributed by atoms with E-state index in [1.807, 2.05) is 44.2 Å². The van der Waals surface area contributed by atoms with Gasteiger partial charge in [0.15, 0.2) is 0 Å². The van der Waals surface area contributed by atoms with Gasteiger partial charge in [-0.25, -0.2) is 0 Å². The van der Waals surface area contributed by atoms with E-state index in [0.29, 0.717) is 6.61 Å². The standard InChI is InChI=1S/C21H20N2O2/c1-15-19(16(2)25-22-15)13-23-12-11-18-20(23)9-6-10-21(18)24-14-17-7-4-3-5-8-17/h3-12H,13-14H2,1-2H3. The van der Waals surface area contributed by atoms with Crippen LogP contribution < -0.4 is 4.74 Å². The number of aryl methyl sites for hydroxylation is 2. The number of benzene rings is 2. The lowest BCUT2D eigenvalue weighted by Gasteiger charge is -2.09. The molecular formula is C21H20N2O2. The van der Waals surface area contributed by atoms with Gasteiger partial charge >= 0.3 is 0 Å². The Hall–Kier alpha value is -3.01. The highest BCUT2D eigenvalue weighted by Crippen LogP contribution is 2.28. The van der Waals surface area contributed by atoms with E-state index in [0.717, 1.165) is 45.8 Å². The highest BCUT2D eigenvalue weighted by Gasteiger charge is 2.12. The summed E-state index contributed by atoms with van der Waals surface area (Å²) in [7, 11) is 0. The topological polar surface area (TPSA) is 40.2 Å². The molecule has 0 aliphatic heterocycles. The summed E-state index contributed by atoms with van der Waals surface area (Å²) in [4.78, 5) is 0. The maximum absolute atomic E-state index is 6.06. The zero-order valence-electron chi connectivity index (χ0n) is 14.4. The molecule has 4 aromatic rings. The first-order valence-electron chi connectivity index (χ1n) is 8.38. The molecule has 2 heterocycles. The fourth-order valence-corrected chi connectivity index (χ4v) is 3.09. The average Bonchev–Trinajstić information content (AvgIpc) is 3.20. The third-order valence-corrected chi connectivity index (χ3v) is 4.52. The fraction of sp³-hybridized carbons (Fsp3) is 0.190. The first-order valence-corrected chi connectivity index (χ1v) is 8.38. The molecule has 126 valence electrons. The van der Waals surface area contributed by atoms with Crippen LogP contribution in [0.5, 0.6) is 5.75 Å². The second-order valence-corrected chi connectivity index (χ2v) is 6.21. The smallest absolute Gasteiger partial charge is 0.138 e. The van der Waals surface area contributed by atoms with Crippen LogP contribution >= 0.6 is 0 Å². The van der Waals surface area contributed by atoms with Crippen molar-refractivity contribution >= 4 is 10.9 Å². The van der Waals surface area contributed by atoms with Crippen LogP contribution in [-0.4, -0.2) is 9.72 Å². The molecule has 0 amide bonds. The summed E-state index contributed by atoms with van der Waals surface area (Å²) in [5.41, 5.74) is 4.38. The van der Waals surface area contributed by atoms with Gasteiger partial charge in [-0.15, -0.1) is 0 Å². The van der Waals surface area contributed by atoms with Crippen LogP contribution in [0.25, 0.3) is 10.9 Å². The van der Waals surface area contributed by atoms with E-state index in [4.69, 9.17) is 9.26 Å². The molecule has 0 fully saturated rings. The number of hydrogen-bond donors (Lipinski definition) is 0. The van der Waals surface area contributed by atoms with E-state index in [-0.39, 0.29) is 0 Å². The monoisotopic (exact) mass is 332 g/mol. The predicted molar refractivity (Wildman–Crippen MR) is 97.8 cm³/mol.